The fourth-order valence-electron chi connectivity index (χ4n) is 2.51. The number of nitrogens with one attached hydrogen (secondary N) is 2. The first-order valence-corrected chi connectivity index (χ1v) is 10.5. The van der Waals surface area contributed by atoms with Gasteiger partial charge in [-0.1, -0.05) is 17.7 Å². The van der Waals surface area contributed by atoms with Crippen LogP contribution in [-0.4, -0.2) is 36.5 Å². The number of aromatic nitrogens is 3. The first-order chi connectivity index (χ1) is 13.4. The molecule has 2 N–H and O–H groups in total. The summed E-state index contributed by atoms with van der Waals surface area (Å²) >= 11 is 5.87. The summed E-state index contributed by atoms with van der Waals surface area (Å²) in [6, 6.07) is 9.85. The van der Waals surface area contributed by atoms with Crippen LogP contribution in [0.15, 0.2) is 53.7 Å². The zero-order valence-electron chi connectivity index (χ0n) is 15.5. The number of rotatable bonds is 7. The monoisotopic (exact) mass is 417 g/mol. The molecule has 0 aliphatic heterocycles. The Labute approximate surface area is 169 Å². The maximum Gasteiger partial charge on any atom is 0.240 e. The SMILES string of the molecule is Cc1nc(-c2cccnc2)nc(NCCNS(=O)(=O)c2cccc(Cl)c2)c1C. The lowest BCUT2D eigenvalue weighted by atomic mass is 10.2. The van der Waals surface area contributed by atoms with Crippen molar-refractivity contribution >= 4 is 27.4 Å². The van der Waals surface area contributed by atoms with E-state index in [4.69, 9.17) is 11.6 Å². The maximum atomic E-state index is 12.3. The van der Waals surface area contributed by atoms with Crippen molar-refractivity contribution in [2.75, 3.05) is 18.4 Å². The van der Waals surface area contributed by atoms with Crippen molar-refractivity contribution in [2.45, 2.75) is 18.7 Å². The molecule has 0 saturated heterocycles. The highest BCUT2D eigenvalue weighted by Gasteiger charge is 2.14. The Bertz CT molecular complexity index is 1070. The van der Waals surface area contributed by atoms with Gasteiger partial charge in [0.1, 0.15) is 5.82 Å². The molecule has 0 amide bonds. The van der Waals surface area contributed by atoms with E-state index in [0.29, 0.717) is 23.2 Å². The number of halogens is 1. The number of hydrogen-bond donors (Lipinski definition) is 2. The summed E-state index contributed by atoms with van der Waals surface area (Å²) in [6.07, 6.45) is 3.39. The van der Waals surface area contributed by atoms with E-state index in [2.05, 4.69) is 25.0 Å². The highest BCUT2D eigenvalue weighted by atomic mass is 35.5. The third-order valence-corrected chi connectivity index (χ3v) is 5.82. The second kappa shape index (κ2) is 8.64. The predicted octanol–water partition coefficient (Wildman–Crippen LogP) is 3.20. The van der Waals surface area contributed by atoms with E-state index in [0.717, 1.165) is 16.8 Å². The van der Waals surface area contributed by atoms with Crippen molar-refractivity contribution in [1.29, 1.82) is 0 Å². The first kappa shape index (κ1) is 20.2. The van der Waals surface area contributed by atoms with Gasteiger partial charge in [-0.15, -0.1) is 0 Å². The molecule has 9 heteroatoms. The second-order valence-corrected chi connectivity index (χ2v) is 8.33. The van der Waals surface area contributed by atoms with Crippen molar-refractivity contribution in [3.8, 4) is 11.4 Å². The van der Waals surface area contributed by atoms with E-state index < -0.39 is 10.0 Å². The molecule has 2 aromatic heterocycles. The zero-order valence-corrected chi connectivity index (χ0v) is 17.0. The fourth-order valence-corrected chi connectivity index (χ4v) is 3.84. The lowest BCUT2D eigenvalue weighted by molar-refractivity contribution is 0.583. The Kier molecular flexibility index (Phi) is 6.23. The van der Waals surface area contributed by atoms with Crippen molar-refractivity contribution < 1.29 is 8.42 Å². The summed E-state index contributed by atoms with van der Waals surface area (Å²) in [5, 5.41) is 3.55. The van der Waals surface area contributed by atoms with Crippen molar-refractivity contribution in [2.24, 2.45) is 0 Å². The standard InChI is InChI=1S/C19H20ClN5O2S/c1-13-14(2)24-19(15-5-4-8-21-12-15)25-18(13)22-9-10-23-28(26,27)17-7-3-6-16(20)11-17/h3-8,11-12,23H,9-10H2,1-2H3,(H,22,24,25). The maximum absolute atomic E-state index is 12.3. The highest BCUT2D eigenvalue weighted by Crippen LogP contribution is 2.21. The lowest BCUT2D eigenvalue weighted by Gasteiger charge is -2.13. The highest BCUT2D eigenvalue weighted by molar-refractivity contribution is 7.89. The van der Waals surface area contributed by atoms with Crippen LogP contribution in [0.5, 0.6) is 0 Å². The van der Waals surface area contributed by atoms with Crippen LogP contribution in [0.4, 0.5) is 5.82 Å². The molecule has 7 nitrogen and oxygen atoms in total. The van der Waals surface area contributed by atoms with Crippen molar-refractivity contribution in [1.82, 2.24) is 19.7 Å². The van der Waals surface area contributed by atoms with Crippen LogP contribution in [0.25, 0.3) is 11.4 Å². The minimum Gasteiger partial charge on any atom is -0.368 e. The summed E-state index contributed by atoms with van der Waals surface area (Å²) in [5.41, 5.74) is 2.57. The molecular weight excluding hydrogens is 398 g/mol. The van der Waals surface area contributed by atoms with Crippen molar-refractivity contribution in [3.05, 3.63) is 65.1 Å². The van der Waals surface area contributed by atoms with Crippen LogP contribution in [0, 0.1) is 13.8 Å². The van der Waals surface area contributed by atoms with Crippen LogP contribution in [0.3, 0.4) is 0 Å². The Morgan fingerprint density at radius 1 is 1.07 bits per heavy atom. The minimum absolute atomic E-state index is 0.132. The van der Waals surface area contributed by atoms with Gasteiger partial charge in [0.2, 0.25) is 10.0 Å². The molecule has 0 saturated carbocycles. The van der Waals surface area contributed by atoms with Gasteiger partial charge in [-0.3, -0.25) is 4.98 Å². The first-order valence-electron chi connectivity index (χ1n) is 8.61. The third kappa shape index (κ3) is 4.83. The van der Waals surface area contributed by atoms with Crippen LogP contribution >= 0.6 is 11.6 Å². The molecule has 0 atom stereocenters. The summed E-state index contributed by atoms with van der Waals surface area (Å²) in [6.45, 7) is 4.38. The molecule has 3 rings (SSSR count). The Hall–Kier alpha value is -2.55. The molecular formula is C19H20ClN5O2S. The summed E-state index contributed by atoms with van der Waals surface area (Å²) in [4.78, 5) is 13.3. The van der Waals surface area contributed by atoms with E-state index in [9.17, 15) is 8.42 Å². The second-order valence-electron chi connectivity index (χ2n) is 6.13. The molecule has 3 aromatic rings. The molecule has 1 aromatic carbocycles. The van der Waals surface area contributed by atoms with Gasteiger partial charge in [-0.2, -0.15) is 0 Å². The number of hydrogen-bond acceptors (Lipinski definition) is 6. The van der Waals surface area contributed by atoms with Gasteiger partial charge in [0.15, 0.2) is 5.82 Å². The summed E-state index contributed by atoms with van der Waals surface area (Å²) in [5.74, 6) is 1.23. The molecule has 0 unspecified atom stereocenters. The van der Waals surface area contributed by atoms with Crippen LogP contribution in [0.2, 0.25) is 5.02 Å². The topological polar surface area (TPSA) is 96.9 Å². The van der Waals surface area contributed by atoms with Gasteiger partial charge in [0.05, 0.1) is 4.90 Å². The van der Waals surface area contributed by atoms with E-state index in [-0.39, 0.29) is 11.4 Å². The lowest BCUT2D eigenvalue weighted by Crippen LogP contribution is -2.29. The van der Waals surface area contributed by atoms with Crippen molar-refractivity contribution in [3.63, 3.8) is 0 Å². The molecule has 146 valence electrons. The quantitative estimate of drug-likeness (QED) is 0.573. The average molecular weight is 418 g/mol. The Morgan fingerprint density at radius 3 is 2.61 bits per heavy atom. The van der Waals surface area contributed by atoms with E-state index >= 15 is 0 Å². The van der Waals surface area contributed by atoms with Crippen LogP contribution < -0.4 is 10.0 Å². The number of anilines is 1. The third-order valence-electron chi connectivity index (χ3n) is 4.12. The number of benzene rings is 1. The molecule has 2 heterocycles. The molecule has 0 bridgehead atoms. The Morgan fingerprint density at radius 2 is 1.89 bits per heavy atom. The van der Waals surface area contributed by atoms with Gasteiger partial charge < -0.3 is 5.32 Å². The van der Waals surface area contributed by atoms with Crippen LogP contribution in [-0.2, 0) is 10.0 Å². The van der Waals surface area contributed by atoms with Gasteiger partial charge in [-0.05, 0) is 44.2 Å². The number of pyridine rings is 1. The van der Waals surface area contributed by atoms with Gasteiger partial charge in [0, 0.05) is 47.3 Å². The molecule has 0 spiro atoms. The van der Waals surface area contributed by atoms with E-state index in [1.54, 1.807) is 24.5 Å². The van der Waals surface area contributed by atoms with Gasteiger partial charge in [-0.25, -0.2) is 23.1 Å². The number of sulfonamides is 1. The van der Waals surface area contributed by atoms with Gasteiger partial charge >= 0.3 is 0 Å². The molecule has 0 aliphatic carbocycles. The van der Waals surface area contributed by atoms with E-state index in [1.807, 2.05) is 26.0 Å². The predicted molar refractivity (Wildman–Crippen MR) is 110 cm³/mol. The fraction of sp³-hybridized carbons (Fsp3) is 0.211. The summed E-state index contributed by atoms with van der Waals surface area (Å²) in [7, 11) is -3.62. The molecule has 0 radical (unpaired) electrons. The smallest absolute Gasteiger partial charge is 0.240 e. The zero-order chi connectivity index (χ0) is 20.1. The Balaban J connectivity index is 1.67. The van der Waals surface area contributed by atoms with Crippen LogP contribution in [0.1, 0.15) is 11.3 Å². The number of nitrogens with zero attached hydrogens (tertiary/aromatic N) is 3. The largest absolute Gasteiger partial charge is 0.368 e. The van der Waals surface area contributed by atoms with Gasteiger partial charge in [0.25, 0.3) is 0 Å². The molecule has 0 aliphatic rings. The normalized spacial score (nSPS) is 11.4. The molecule has 28 heavy (non-hydrogen) atoms. The van der Waals surface area contributed by atoms with E-state index in [1.165, 1.54) is 12.1 Å². The minimum atomic E-state index is -3.62. The summed E-state index contributed by atoms with van der Waals surface area (Å²) < 4.78 is 27.2. The average Bonchev–Trinajstić information content (AvgIpc) is 2.69. The molecule has 0 fully saturated rings. The number of aryl methyl sites for hydroxylation is 1.